The zero-order valence-corrected chi connectivity index (χ0v) is 10.4. The van der Waals surface area contributed by atoms with E-state index in [4.69, 9.17) is 18.0 Å². The van der Waals surface area contributed by atoms with E-state index in [1.54, 1.807) is 17.5 Å². The summed E-state index contributed by atoms with van der Waals surface area (Å²) in [6.45, 7) is 0.626. The van der Waals surface area contributed by atoms with Gasteiger partial charge in [-0.3, -0.25) is 4.40 Å². The van der Waals surface area contributed by atoms with E-state index >= 15 is 0 Å². The number of imidazole rings is 2. The van der Waals surface area contributed by atoms with Gasteiger partial charge in [-0.2, -0.15) is 0 Å². The Bertz CT molecular complexity index is 649. The van der Waals surface area contributed by atoms with Gasteiger partial charge in [0.1, 0.15) is 4.99 Å². The number of nitrogens with zero attached hydrogens (tertiary/aromatic N) is 4. The highest BCUT2D eigenvalue weighted by Gasteiger charge is 2.08. The molecule has 3 aromatic heterocycles. The Labute approximate surface area is 107 Å². The highest BCUT2D eigenvalue weighted by atomic mass is 32.1. The Hall–Kier alpha value is -1.73. The molecule has 0 saturated heterocycles. The molecule has 0 aliphatic heterocycles. The standard InChI is InChI=1S/C10H9N5S2/c11-8(16)9-12-1-2-14(9)5-7-6-15-3-4-17-10(15)13-7/h1-4,6H,5H2,(H2,11,16). The van der Waals surface area contributed by atoms with Crippen molar-refractivity contribution in [1.29, 1.82) is 0 Å². The third kappa shape index (κ3) is 1.83. The summed E-state index contributed by atoms with van der Waals surface area (Å²) in [6.07, 6.45) is 7.52. The Morgan fingerprint density at radius 2 is 2.35 bits per heavy atom. The van der Waals surface area contributed by atoms with Crippen LogP contribution in [0.4, 0.5) is 0 Å². The van der Waals surface area contributed by atoms with E-state index < -0.39 is 0 Å². The molecule has 0 atom stereocenters. The molecule has 0 saturated carbocycles. The first-order chi connectivity index (χ1) is 8.24. The number of aromatic nitrogens is 4. The second-order valence-corrected chi connectivity index (χ2v) is 4.88. The topological polar surface area (TPSA) is 61.1 Å². The van der Waals surface area contributed by atoms with E-state index in [9.17, 15) is 0 Å². The average molecular weight is 263 g/mol. The van der Waals surface area contributed by atoms with Crippen LogP contribution in [-0.4, -0.2) is 23.9 Å². The van der Waals surface area contributed by atoms with Crippen LogP contribution in [0, 0.1) is 0 Å². The Kier molecular flexibility index (Phi) is 2.41. The molecule has 0 bridgehead atoms. The molecule has 0 radical (unpaired) electrons. The van der Waals surface area contributed by atoms with Gasteiger partial charge in [0.05, 0.1) is 12.2 Å². The number of hydrogen-bond acceptors (Lipinski definition) is 4. The van der Waals surface area contributed by atoms with Crippen LogP contribution in [0.3, 0.4) is 0 Å². The van der Waals surface area contributed by atoms with Crippen LogP contribution in [0.2, 0.25) is 0 Å². The lowest BCUT2D eigenvalue weighted by Crippen LogP contribution is -2.17. The number of thiocarbonyl (C=S) groups is 1. The average Bonchev–Trinajstić information content (AvgIpc) is 2.91. The van der Waals surface area contributed by atoms with Gasteiger partial charge in [0.15, 0.2) is 10.8 Å². The van der Waals surface area contributed by atoms with Crippen molar-refractivity contribution in [1.82, 2.24) is 18.9 Å². The normalized spacial score (nSPS) is 11.1. The van der Waals surface area contributed by atoms with Gasteiger partial charge < -0.3 is 10.3 Å². The van der Waals surface area contributed by atoms with Gasteiger partial charge in [-0.1, -0.05) is 12.2 Å². The van der Waals surface area contributed by atoms with Crippen LogP contribution >= 0.6 is 23.6 Å². The lowest BCUT2D eigenvalue weighted by atomic mass is 10.4. The number of hydrogen-bond donors (Lipinski definition) is 1. The minimum Gasteiger partial charge on any atom is -0.387 e. The van der Waals surface area contributed by atoms with E-state index in [0.717, 1.165) is 10.7 Å². The molecule has 0 spiro atoms. The van der Waals surface area contributed by atoms with E-state index in [0.29, 0.717) is 17.4 Å². The van der Waals surface area contributed by atoms with Crippen LogP contribution in [-0.2, 0) is 6.54 Å². The first-order valence-electron chi connectivity index (χ1n) is 4.96. The molecular weight excluding hydrogens is 254 g/mol. The van der Waals surface area contributed by atoms with Crippen molar-refractivity contribution in [2.75, 3.05) is 0 Å². The third-order valence-corrected chi connectivity index (χ3v) is 3.36. The minimum absolute atomic E-state index is 0.302. The molecule has 86 valence electrons. The first-order valence-corrected chi connectivity index (χ1v) is 6.25. The molecule has 7 heteroatoms. The largest absolute Gasteiger partial charge is 0.387 e. The highest BCUT2D eigenvalue weighted by molar-refractivity contribution is 7.80. The summed E-state index contributed by atoms with van der Waals surface area (Å²) < 4.78 is 3.89. The van der Waals surface area contributed by atoms with Crippen LogP contribution in [0.5, 0.6) is 0 Å². The molecule has 0 unspecified atom stereocenters. The number of fused-ring (bicyclic) bond motifs is 1. The summed E-state index contributed by atoms with van der Waals surface area (Å²) in [6, 6.07) is 0. The van der Waals surface area contributed by atoms with Crippen molar-refractivity contribution < 1.29 is 0 Å². The van der Waals surface area contributed by atoms with Crippen LogP contribution in [0.15, 0.2) is 30.2 Å². The van der Waals surface area contributed by atoms with Gasteiger partial charge in [0.2, 0.25) is 0 Å². The molecule has 3 heterocycles. The van der Waals surface area contributed by atoms with Crippen LogP contribution in [0.1, 0.15) is 11.5 Å². The molecule has 0 aliphatic rings. The fourth-order valence-corrected chi connectivity index (χ4v) is 2.58. The summed E-state index contributed by atoms with van der Waals surface area (Å²) in [5, 5.41) is 2.00. The molecule has 0 fully saturated rings. The molecule has 5 nitrogen and oxygen atoms in total. The van der Waals surface area contributed by atoms with Crippen molar-refractivity contribution in [2.24, 2.45) is 5.73 Å². The molecule has 2 N–H and O–H groups in total. The van der Waals surface area contributed by atoms with E-state index in [2.05, 4.69) is 9.97 Å². The molecule has 3 rings (SSSR count). The fourth-order valence-electron chi connectivity index (χ4n) is 1.69. The number of nitrogens with two attached hydrogens (primary N) is 1. The van der Waals surface area contributed by atoms with E-state index in [-0.39, 0.29) is 0 Å². The van der Waals surface area contributed by atoms with Gasteiger partial charge in [0, 0.05) is 30.2 Å². The minimum atomic E-state index is 0.302. The van der Waals surface area contributed by atoms with E-state index in [1.165, 1.54) is 0 Å². The van der Waals surface area contributed by atoms with Crippen LogP contribution in [0.25, 0.3) is 4.96 Å². The lowest BCUT2D eigenvalue weighted by molar-refractivity contribution is 0.771. The lowest BCUT2D eigenvalue weighted by Gasteiger charge is -2.03. The van der Waals surface area contributed by atoms with Crippen LogP contribution < -0.4 is 5.73 Å². The van der Waals surface area contributed by atoms with Gasteiger partial charge >= 0.3 is 0 Å². The summed E-state index contributed by atoms with van der Waals surface area (Å²) in [5.74, 6) is 0.622. The van der Waals surface area contributed by atoms with Gasteiger partial charge in [-0.25, -0.2) is 9.97 Å². The SMILES string of the molecule is NC(=S)c1nccn1Cc1cn2ccsc2n1. The number of rotatable bonds is 3. The Balaban J connectivity index is 1.94. The Morgan fingerprint density at radius 3 is 3.12 bits per heavy atom. The molecule has 0 aliphatic carbocycles. The molecule has 0 amide bonds. The maximum atomic E-state index is 5.59. The van der Waals surface area contributed by atoms with Gasteiger partial charge in [0.25, 0.3) is 0 Å². The van der Waals surface area contributed by atoms with Crippen molar-refractivity contribution >= 4 is 33.5 Å². The summed E-state index contributed by atoms with van der Waals surface area (Å²) in [5.41, 5.74) is 6.56. The monoisotopic (exact) mass is 263 g/mol. The van der Waals surface area contributed by atoms with Gasteiger partial charge in [-0.15, -0.1) is 11.3 Å². The molecule has 3 aromatic rings. The van der Waals surface area contributed by atoms with Crippen molar-refractivity contribution in [2.45, 2.75) is 6.54 Å². The predicted octanol–water partition coefficient (Wildman–Crippen LogP) is 1.27. The zero-order valence-electron chi connectivity index (χ0n) is 8.78. The summed E-state index contributed by atoms with van der Waals surface area (Å²) in [7, 11) is 0. The highest BCUT2D eigenvalue weighted by Crippen LogP contribution is 2.12. The Morgan fingerprint density at radius 1 is 1.47 bits per heavy atom. The first kappa shape index (κ1) is 10.4. The molecule has 0 aromatic carbocycles. The third-order valence-electron chi connectivity index (χ3n) is 2.41. The predicted molar refractivity (Wildman–Crippen MR) is 70.3 cm³/mol. The second-order valence-electron chi connectivity index (χ2n) is 3.57. The van der Waals surface area contributed by atoms with E-state index in [1.807, 2.05) is 32.9 Å². The maximum absolute atomic E-state index is 5.59. The second kappa shape index (κ2) is 3.94. The smallest absolute Gasteiger partial charge is 0.193 e. The van der Waals surface area contributed by atoms with Crippen molar-refractivity contribution in [3.63, 3.8) is 0 Å². The zero-order chi connectivity index (χ0) is 11.8. The quantitative estimate of drug-likeness (QED) is 0.723. The maximum Gasteiger partial charge on any atom is 0.193 e. The van der Waals surface area contributed by atoms with Crippen molar-refractivity contribution in [3.8, 4) is 0 Å². The fraction of sp³-hybridized carbons (Fsp3) is 0.100. The summed E-state index contributed by atoms with van der Waals surface area (Å²) in [4.78, 5) is 9.90. The summed E-state index contributed by atoms with van der Waals surface area (Å²) >= 11 is 6.55. The number of thiazole rings is 1. The molecule has 17 heavy (non-hydrogen) atoms. The van der Waals surface area contributed by atoms with Gasteiger partial charge in [-0.05, 0) is 0 Å². The van der Waals surface area contributed by atoms with Crippen molar-refractivity contribution in [3.05, 3.63) is 41.7 Å². The molecular formula is C10H9N5S2.